The van der Waals surface area contributed by atoms with Gasteiger partial charge in [-0.1, -0.05) is 62.8 Å². The summed E-state index contributed by atoms with van der Waals surface area (Å²) in [4.78, 5) is 2.24. The Balaban J connectivity index is 1.96. The fourth-order valence-electron chi connectivity index (χ4n) is 3.68. The van der Waals surface area contributed by atoms with Crippen molar-refractivity contribution in [3.05, 3.63) is 83.5 Å². The number of benzene rings is 1. The lowest BCUT2D eigenvalue weighted by Crippen LogP contribution is -2.35. The lowest BCUT2D eigenvalue weighted by molar-refractivity contribution is 0.453. The Kier molecular flexibility index (Phi) is 5.47. The minimum Gasteiger partial charge on any atom is -0.368 e. The third-order valence-corrected chi connectivity index (χ3v) is 5.44. The molecule has 1 aliphatic carbocycles. The van der Waals surface area contributed by atoms with Crippen LogP contribution in [0.3, 0.4) is 0 Å². The number of allylic oxidation sites excluding steroid dienone is 4. The van der Waals surface area contributed by atoms with Gasteiger partial charge in [-0.05, 0) is 49.5 Å². The van der Waals surface area contributed by atoms with Gasteiger partial charge in [0, 0.05) is 23.9 Å². The van der Waals surface area contributed by atoms with Crippen molar-refractivity contribution >= 4 is 0 Å². The Hall–Kier alpha value is -2.22. The third-order valence-electron chi connectivity index (χ3n) is 5.44. The third kappa shape index (κ3) is 4.07. The van der Waals surface area contributed by atoms with Crippen molar-refractivity contribution in [1.29, 1.82) is 0 Å². The second-order valence-electron chi connectivity index (χ2n) is 7.36. The quantitative estimate of drug-likeness (QED) is 0.727. The highest BCUT2D eigenvalue weighted by molar-refractivity contribution is 5.38. The molecule has 1 heterocycles. The van der Waals surface area contributed by atoms with Gasteiger partial charge >= 0.3 is 0 Å². The summed E-state index contributed by atoms with van der Waals surface area (Å²) >= 11 is 0. The average molecular weight is 335 g/mol. The standard InChI is InChI=1S/C23H30N2/c1-17-14-15-18(2)25(16-17)23(24-22-12-8-9-13-22)20(4)19(3)21-10-6-5-7-11-21/h5-7,10-11,14-16,19,22,24H,2,8-9,12-13H2,1,3-4H3/b23-20+. The second kappa shape index (κ2) is 7.77. The molecule has 132 valence electrons. The van der Waals surface area contributed by atoms with Crippen LogP contribution >= 0.6 is 0 Å². The van der Waals surface area contributed by atoms with Gasteiger partial charge in [0.05, 0.1) is 0 Å². The highest BCUT2D eigenvalue weighted by Crippen LogP contribution is 2.31. The van der Waals surface area contributed by atoms with Gasteiger partial charge in [-0.3, -0.25) is 0 Å². The van der Waals surface area contributed by atoms with E-state index >= 15 is 0 Å². The summed E-state index contributed by atoms with van der Waals surface area (Å²) in [6.07, 6.45) is 11.6. The van der Waals surface area contributed by atoms with Crippen LogP contribution in [0, 0.1) is 0 Å². The molecule has 1 saturated carbocycles. The fraction of sp³-hybridized carbons (Fsp3) is 0.391. The van der Waals surface area contributed by atoms with Crippen molar-refractivity contribution in [3.8, 4) is 0 Å². The first-order valence-corrected chi connectivity index (χ1v) is 9.43. The van der Waals surface area contributed by atoms with Crippen molar-refractivity contribution < 1.29 is 0 Å². The molecule has 0 aromatic heterocycles. The van der Waals surface area contributed by atoms with E-state index in [1.165, 1.54) is 48.2 Å². The highest BCUT2D eigenvalue weighted by atomic mass is 15.3. The summed E-state index contributed by atoms with van der Waals surface area (Å²) in [7, 11) is 0. The summed E-state index contributed by atoms with van der Waals surface area (Å²) in [5.41, 5.74) is 4.98. The number of rotatable bonds is 5. The van der Waals surface area contributed by atoms with Crippen molar-refractivity contribution in [2.24, 2.45) is 0 Å². The van der Waals surface area contributed by atoms with Gasteiger partial charge in [0.2, 0.25) is 0 Å². The molecular formula is C23H30N2. The van der Waals surface area contributed by atoms with Gasteiger partial charge in [-0.15, -0.1) is 0 Å². The van der Waals surface area contributed by atoms with Crippen LogP contribution in [-0.4, -0.2) is 10.9 Å². The molecule has 1 aromatic carbocycles. The minimum atomic E-state index is 0.359. The van der Waals surface area contributed by atoms with Gasteiger partial charge in [0.25, 0.3) is 0 Å². The molecule has 1 N–H and O–H groups in total. The van der Waals surface area contributed by atoms with Gasteiger partial charge in [-0.2, -0.15) is 0 Å². The lowest BCUT2D eigenvalue weighted by atomic mass is 9.93. The molecule has 0 amide bonds. The zero-order valence-corrected chi connectivity index (χ0v) is 15.8. The largest absolute Gasteiger partial charge is 0.368 e. The monoisotopic (exact) mass is 334 g/mol. The summed E-state index contributed by atoms with van der Waals surface area (Å²) in [5, 5.41) is 3.85. The summed E-state index contributed by atoms with van der Waals surface area (Å²) in [5.74, 6) is 1.56. The average Bonchev–Trinajstić information content (AvgIpc) is 3.15. The molecule has 2 heteroatoms. The maximum atomic E-state index is 4.26. The molecule has 0 saturated heterocycles. The van der Waals surface area contributed by atoms with E-state index in [1.54, 1.807) is 0 Å². The fourth-order valence-corrected chi connectivity index (χ4v) is 3.68. The normalized spacial score (nSPS) is 20.4. The Morgan fingerprint density at radius 2 is 1.84 bits per heavy atom. The van der Waals surface area contributed by atoms with Gasteiger partial charge in [-0.25, -0.2) is 0 Å². The predicted octanol–water partition coefficient (Wildman–Crippen LogP) is 5.84. The molecule has 1 atom stereocenters. The molecule has 1 unspecified atom stereocenters. The first-order chi connectivity index (χ1) is 12.1. The van der Waals surface area contributed by atoms with E-state index in [0.717, 1.165) is 5.70 Å². The van der Waals surface area contributed by atoms with Crippen LogP contribution in [0.4, 0.5) is 0 Å². The van der Waals surface area contributed by atoms with Crippen molar-refractivity contribution in [1.82, 2.24) is 10.2 Å². The minimum absolute atomic E-state index is 0.359. The molecule has 0 radical (unpaired) electrons. The molecule has 2 nitrogen and oxygen atoms in total. The number of hydrogen-bond donors (Lipinski definition) is 1. The Morgan fingerprint density at radius 1 is 1.16 bits per heavy atom. The van der Waals surface area contributed by atoms with E-state index in [0.29, 0.717) is 12.0 Å². The van der Waals surface area contributed by atoms with E-state index in [9.17, 15) is 0 Å². The number of hydrogen-bond acceptors (Lipinski definition) is 2. The second-order valence-corrected chi connectivity index (χ2v) is 7.36. The van der Waals surface area contributed by atoms with E-state index in [4.69, 9.17) is 0 Å². The molecule has 3 rings (SSSR count). The van der Waals surface area contributed by atoms with Crippen molar-refractivity contribution in [2.75, 3.05) is 0 Å². The Morgan fingerprint density at radius 3 is 2.52 bits per heavy atom. The van der Waals surface area contributed by atoms with Crippen LogP contribution in [0.5, 0.6) is 0 Å². The maximum absolute atomic E-state index is 4.26. The SMILES string of the molecule is C=C1C=CC(C)=CN1/C(NC1CCCC1)=C(\C)C(C)c1ccccc1. The van der Waals surface area contributed by atoms with Crippen molar-refractivity contribution in [3.63, 3.8) is 0 Å². The molecule has 2 aliphatic rings. The Bertz CT molecular complexity index is 703. The summed E-state index contributed by atoms with van der Waals surface area (Å²) in [6, 6.07) is 11.3. The van der Waals surface area contributed by atoms with Gasteiger partial charge in [0.15, 0.2) is 0 Å². The zero-order valence-electron chi connectivity index (χ0n) is 15.8. The molecule has 1 aliphatic heterocycles. The zero-order chi connectivity index (χ0) is 17.8. The lowest BCUT2D eigenvalue weighted by Gasteiger charge is -2.33. The van der Waals surface area contributed by atoms with Gasteiger partial charge in [0.1, 0.15) is 5.82 Å². The van der Waals surface area contributed by atoms with Crippen LogP contribution in [0.25, 0.3) is 0 Å². The van der Waals surface area contributed by atoms with E-state index in [-0.39, 0.29) is 0 Å². The number of nitrogens with zero attached hydrogens (tertiary/aromatic N) is 1. The first-order valence-electron chi connectivity index (χ1n) is 9.43. The molecule has 1 fully saturated rings. The van der Waals surface area contributed by atoms with Crippen LogP contribution < -0.4 is 5.32 Å². The molecule has 0 bridgehead atoms. The summed E-state index contributed by atoms with van der Waals surface area (Å²) in [6.45, 7) is 10.9. The van der Waals surface area contributed by atoms with Gasteiger partial charge < -0.3 is 10.2 Å². The van der Waals surface area contributed by atoms with Crippen molar-refractivity contribution in [2.45, 2.75) is 58.4 Å². The van der Waals surface area contributed by atoms with E-state index in [1.807, 2.05) is 0 Å². The molecule has 25 heavy (non-hydrogen) atoms. The first kappa shape index (κ1) is 17.6. The predicted molar refractivity (Wildman–Crippen MR) is 107 cm³/mol. The molecule has 0 spiro atoms. The van der Waals surface area contributed by atoms with Crippen LogP contribution in [-0.2, 0) is 0 Å². The topological polar surface area (TPSA) is 15.3 Å². The molecule has 1 aromatic rings. The smallest absolute Gasteiger partial charge is 0.110 e. The Labute approximate surface area is 152 Å². The number of nitrogens with one attached hydrogen (secondary N) is 1. The summed E-state index contributed by atoms with van der Waals surface area (Å²) < 4.78 is 0. The van der Waals surface area contributed by atoms with Crippen LogP contribution in [0.2, 0.25) is 0 Å². The maximum Gasteiger partial charge on any atom is 0.110 e. The van der Waals surface area contributed by atoms with E-state index < -0.39 is 0 Å². The van der Waals surface area contributed by atoms with Crippen LogP contribution in [0.15, 0.2) is 77.9 Å². The molecular weight excluding hydrogens is 304 g/mol. The highest BCUT2D eigenvalue weighted by Gasteiger charge is 2.23. The van der Waals surface area contributed by atoms with Crippen LogP contribution in [0.1, 0.15) is 57.9 Å². The van der Waals surface area contributed by atoms with E-state index in [2.05, 4.69) is 86.3 Å².